The maximum absolute atomic E-state index is 12.4. The summed E-state index contributed by atoms with van der Waals surface area (Å²) < 4.78 is 10.8. The number of hydrogen-bond donors (Lipinski definition) is 1. The fourth-order valence-corrected chi connectivity index (χ4v) is 3.00. The first-order chi connectivity index (χ1) is 15.6. The molecule has 1 N–H and O–H groups in total. The molecule has 6 heteroatoms. The molecule has 1 aromatic heterocycles. The summed E-state index contributed by atoms with van der Waals surface area (Å²) in [6.07, 6.45) is 6.93. The van der Waals surface area contributed by atoms with E-state index in [-0.39, 0.29) is 12.5 Å². The van der Waals surface area contributed by atoms with Crippen LogP contribution in [0.2, 0.25) is 0 Å². The number of carbonyl (C=O) groups is 2. The fourth-order valence-electron chi connectivity index (χ4n) is 3.00. The Morgan fingerprint density at radius 2 is 1.75 bits per heavy atom. The molecule has 1 atom stereocenters. The predicted molar refractivity (Wildman–Crippen MR) is 123 cm³/mol. The van der Waals surface area contributed by atoms with Gasteiger partial charge < -0.3 is 14.8 Å². The molecule has 3 rings (SSSR count). The van der Waals surface area contributed by atoms with Crippen molar-refractivity contribution >= 4 is 18.0 Å². The van der Waals surface area contributed by atoms with E-state index >= 15 is 0 Å². The molecule has 32 heavy (non-hydrogen) atoms. The topological polar surface area (TPSA) is 77.5 Å². The van der Waals surface area contributed by atoms with Crippen molar-refractivity contribution in [2.45, 2.75) is 26.0 Å². The Kier molecular flexibility index (Phi) is 8.57. The third-order valence-electron chi connectivity index (χ3n) is 4.61. The quantitative estimate of drug-likeness (QED) is 0.389. The molecule has 1 amide bonds. The summed E-state index contributed by atoms with van der Waals surface area (Å²) in [7, 11) is 0. The van der Waals surface area contributed by atoms with E-state index in [0.717, 1.165) is 22.4 Å². The van der Waals surface area contributed by atoms with Crippen molar-refractivity contribution in [2.75, 3.05) is 6.61 Å². The Balaban J connectivity index is 1.55. The van der Waals surface area contributed by atoms with Crippen molar-refractivity contribution in [1.29, 1.82) is 0 Å². The van der Waals surface area contributed by atoms with E-state index in [1.54, 1.807) is 25.4 Å². The molecule has 0 aliphatic heterocycles. The lowest BCUT2D eigenvalue weighted by atomic mass is 10.1. The fraction of sp³-hybridized carbons (Fsp3) is 0.192. The van der Waals surface area contributed by atoms with Crippen LogP contribution in [-0.4, -0.2) is 29.5 Å². The average Bonchev–Trinajstić information content (AvgIpc) is 2.83. The van der Waals surface area contributed by atoms with Gasteiger partial charge in [0, 0.05) is 30.5 Å². The smallest absolute Gasteiger partial charge is 0.328 e. The number of pyridine rings is 1. The highest BCUT2D eigenvalue weighted by Crippen LogP contribution is 2.15. The zero-order chi connectivity index (χ0) is 22.6. The van der Waals surface area contributed by atoms with Crippen molar-refractivity contribution in [1.82, 2.24) is 10.3 Å². The summed E-state index contributed by atoms with van der Waals surface area (Å²) in [4.78, 5) is 28.8. The summed E-state index contributed by atoms with van der Waals surface area (Å²) >= 11 is 0. The van der Waals surface area contributed by atoms with Crippen LogP contribution >= 0.6 is 0 Å². The van der Waals surface area contributed by atoms with E-state index < -0.39 is 12.0 Å². The van der Waals surface area contributed by atoms with Crippen molar-refractivity contribution in [3.63, 3.8) is 0 Å². The number of nitrogens with one attached hydrogen (secondary N) is 1. The highest BCUT2D eigenvalue weighted by atomic mass is 16.5. The van der Waals surface area contributed by atoms with Crippen LogP contribution in [0, 0.1) is 0 Å². The molecule has 0 fully saturated rings. The summed E-state index contributed by atoms with van der Waals surface area (Å²) in [5, 5.41) is 2.74. The van der Waals surface area contributed by atoms with E-state index in [1.807, 2.05) is 66.7 Å². The van der Waals surface area contributed by atoms with Gasteiger partial charge >= 0.3 is 5.97 Å². The number of aromatic nitrogens is 1. The predicted octanol–water partition coefficient (Wildman–Crippen LogP) is 3.96. The molecule has 3 aromatic rings. The maximum Gasteiger partial charge on any atom is 0.328 e. The molecule has 0 aliphatic rings. The monoisotopic (exact) mass is 430 g/mol. The van der Waals surface area contributed by atoms with Crippen LogP contribution in [0.15, 0.2) is 85.2 Å². The number of ether oxygens (including phenoxy) is 2. The van der Waals surface area contributed by atoms with Gasteiger partial charge in [0.1, 0.15) is 18.4 Å². The van der Waals surface area contributed by atoms with Gasteiger partial charge in [0.05, 0.1) is 6.61 Å². The molecule has 0 aliphatic carbocycles. The zero-order valence-corrected chi connectivity index (χ0v) is 17.9. The summed E-state index contributed by atoms with van der Waals surface area (Å²) in [6.45, 7) is 2.43. The minimum Gasteiger partial charge on any atom is -0.489 e. The number of amides is 1. The van der Waals surface area contributed by atoms with Gasteiger partial charge in [-0.1, -0.05) is 48.5 Å². The van der Waals surface area contributed by atoms with Crippen LogP contribution in [-0.2, 0) is 27.4 Å². The number of rotatable bonds is 10. The zero-order valence-electron chi connectivity index (χ0n) is 17.9. The summed E-state index contributed by atoms with van der Waals surface area (Å²) in [5.74, 6) is -0.0928. The Bertz CT molecular complexity index is 1020. The van der Waals surface area contributed by atoms with Crippen molar-refractivity contribution in [2.24, 2.45) is 0 Å². The molecule has 0 saturated carbocycles. The lowest BCUT2D eigenvalue weighted by Crippen LogP contribution is -2.42. The molecule has 0 spiro atoms. The summed E-state index contributed by atoms with van der Waals surface area (Å²) in [6, 6.07) is 20.0. The van der Waals surface area contributed by atoms with Gasteiger partial charge in [-0.2, -0.15) is 0 Å². The number of benzene rings is 2. The van der Waals surface area contributed by atoms with E-state index in [9.17, 15) is 9.59 Å². The van der Waals surface area contributed by atoms with Gasteiger partial charge in [0.2, 0.25) is 5.91 Å². The van der Waals surface area contributed by atoms with Gasteiger partial charge in [-0.25, -0.2) is 4.79 Å². The number of nitrogens with zero attached hydrogens (tertiary/aromatic N) is 1. The second-order valence-corrected chi connectivity index (χ2v) is 7.06. The maximum atomic E-state index is 12.4. The van der Waals surface area contributed by atoms with Crippen LogP contribution in [0.25, 0.3) is 6.08 Å². The minimum atomic E-state index is -0.752. The molecule has 2 aromatic carbocycles. The number of hydrogen-bond acceptors (Lipinski definition) is 5. The molecule has 164 valence electrons. The average molecular weight is 431 g/mol. The van der Waals surface area contributed by atoms with Gasteiger partial charge in [-0.05, 0) is 42.3 Å². The lowest BCUT2D eigenvalue weighted by molar-refractivity contribution is -0.146. The number of carbonyl (C=O) groups excluding carboxylic acids is 2. The first-order valence-electron chi connectivity index (χ1n) is 10.4. The molecule has 0 radical (unpaired) electrons. The highest BCUT2D eigenvalue weighted by molar-refractivity contribution is 5.94. The van der Waals surface area contributed by atoms with Gasteiger partial charge in [0.15, 0.2) is 0 Å². The second kappa shape index (κ2) is 12.1. The third-order valence-corrected chi connectivity index (χ3v) is 4.61. The second-order valence-electron chi connectivity index (χ2n) is 7.06. The number of esters is 1. The van der Waals surface area contributed by atoms with E-state index in [4.69, 9.17) is 9.47 Å². The van der Waals surface area contributed by atoms with Gasteiger partial charge in [-0.3, -0.25) is 9.78 Å². The molecule has 1 unspecified atom stereocenters. The van der Waals surface area contributed by atoms with Crippen LogP contribution in [0.4, 0.5) is 0 Å². The van der Waals surface area contributed by atoms with E-state index in [1.165, 1.54) is 6.08 Å². The molecular weight excluding hydrogens is 404 g/mol. The molecular formula is C26H26N2O4. The first-order valence-corrected chi connectivity index (χ1v) is 10.4. The minimum absolute atomic E-state index is 0.255. The Morgan fingerprint density at radius 3 is 2.44 bits per heavy atom. The van der Waals surface area contributed by atoms with Gasteiger partial charge in [0.25, 0.3) is 0 Å². The van der Waals surface area contributed by atoms with Crippen molar-refractivity contribution in [3.05, 3.63) is 102 Å². The summed E-state index contributed by atoms with van der Waals surface area (Å²) in [5.41, 5.74) is 2.76. The standard InChI is InChI=1S/C26H26N2O4/c1-2-31-26(30)24(17-21-7-4-3-5-8-21)28-25(29)15-12-20-10-13-23(14-11-20)32-19-22-9-6-16-27-18-22/h3-16,18,24H,2,17,19H2,1H3,(H,28,29). The molecule has 1 heterocycles. The van der Waals surface area contributed by atoms with E-state index in [2.05, 4.69) is 10.3 Å². The highest BCUT2D eigenvalue weighted by Gasteiger charge is 2.21. The normalized spacial score (nSPS) is 11.7. The first kappa shape index (κ1) is 22.7. The van der Waals surface area contributed by atoms with Crippen LogP contribution < -0.4 is 10.1 Å². The Morgan fingerprint density at radius 1 is 1.00 bits per heavy atom. The molecule has 0 saturated heterocycles. The van der Waals surface area contributed by atoms with Crippen LogP contribution in [0.3, 0.4) is 0 Å². The molecule has 0 bridgehead atoms. The largest absolute Gasteiger partial charge is 0.489 e. The van der Waals surface area contributed by atoms with Gasteiger partial charge in [-0.15, -0.1) is 0 Å². The lowest BCUT2D eigenvalue weighted by Gasteiger charge is -2.16. The van der Waals surface area contributed by atoms with Crippen LogP contribution in [0.1, 0.15) is 23.6 Å². The SMILES string of the molecule is CCOC(=O)C(Cc1ccccc1)NC(=O)C=Cc1ccc(OCc2cccnc2)cc1. The van der Waals surface area contributed by atoms with Crippen LogP contribution in [0.5, 0.6) is 5.75 Å². The third kappa shape index (κ3) is 7.40. The Hall–Kier alpha value is -3.93. The Labute approximate surface area is 187 Å². The van der Waals surface area contributed by atoms with E-state index in [0.29, 0.717) is 13.0 Å². The molecule has 6 nitrogen and oxygen atoms in total. The van der Waals surface area contributed by atoms with Crippen molar-refractivity contribution in [3.8, 4) is 5.75 Å². The van der Waals surface area contributed by atoms with Crippen molar-refractivity contribution < 1.29 is 19.1 Å².